The Morgan fingerprint density at radius 2 is 1.43 bits per heavy atom. The molecule has 0 bridgehead atoms. The highest BCUT2D eigenvalue weighted by molar-refractivity contribution is 7.79. The lowest BCUT2D eigenvalue weighted by atomic mass is 10.1. The van der Waals surface area contributed by atoms with Crippen molar-refractivity contribution < 1.29 is 14.8 Å². The third-order valence-corrected chi connectivity index (χ3v) is 7.72. The molecule has 3 atom stereocenters. The first-order valence-corrected chi connectivity index (χ1v) is 9.53. The molecule has 4 heteroatoms. The van der Waals surface area contributed by atoms with E-state index in [1.54, 1.807) is 24.3 Å². The fourth-order valence-corrected chi connectivity index (χ4v) is 6.32. The second-order valence-corrected chi connectivity index (χ2v) is 8.47. The van der Waals surface area contributed by atoms with Crippen LogP contribution in [-0.4, -0.2) is 28.1 Å². The molecule has 0 unspecified atom stereocenters. The second kappa shape index (κ2) is 7.74. The molecule has 0 amide bonds. The molecule has 0 saturated carbocycles. The average Bonchev–Trinajstić information content (AvgIpc) is 2.62. The van der Waals surface area contributed by atoms with Gasteiger partial charge in [0.2, 0.25) is 0 Å². The summed E-state index contributed by atoms with van der Waals surface area (Å²) in [5.41, 5.74) is -0.824. The van der Waals surface area contributed by atoms with Gasteiger partial charge in [0.25, 0.3) is 0 Å². The van der Waals surface area contributed by atoms with Gasteiger partial charge in [0.1, 0.15) is 0 Å². The van der Waals surface area contributed by atoms with Gasteiger partial charge in [0.15, 0.2) is 7.14 Å². The minimum absolute atomic E-state index is 0.402. The van der Waals surface area contributed by atoms with Crippen molar-refractivity contribution in [2.45, 2.75) is 31.2 Å². The van der Waals surface area contributed by atoms with E-state index in [-0.39, 0.29) is 0 Å². The van der Waals surface area contributed by atoms with Crippen molar-refractivity contribution in [1.29, 1.82) is 0 Å². The van der Waals surface area contributed by atoms with Gasteiger partial charge in [-0.15, -0.1) is 6.58 Å². The summed E-state index contributed by atoms with van der Waals surface area (Å²) in [4.78, 5) is 0. The van der Waals surface area contributed by atoms with Crippen molar-refractivity contribution in [3.05, 3.63) is 73.3 Å². The number of rotatable bonds is 7. The molecule has 2 aromatic rings. The molecule has 0 spiro atoms. The van der Waals surface area contributed by atoms with Crippen LogP contribution in [0.5, 0.6) is 0 Å². The third-order valence-electron chi connectivity index (χ3n) is 4.10. The zero-order valence-electron chi connectivity index (χ0n) is 13.2. The van der Waals surface area contributed by atoms with Crippen LogP contribution in [0.25, 0.3) is 0 Å². The first-order valence-electron chi connectivity index (χ1n) is 7.75. The van der Waals surface area contributed by atoms with E-state index in [0.717, 1.165) is 0 Å². The first-order chi connectivity index (χ1) is 11.1. The summed E-state index contributed by atoms with van der Waals surface area (Å²) >= 11 is 0. The summed E-state index contributed by atoms with van der Waals surface area (Å²) in [5.74, 6) is 0. The van der Waals surface area contributed by atoms with E-state index in [0.29, 0.717) is 17.0 Å². The molecule has 0 saturated heterocycles. The molecule has 0 aliphatic carbocycles. The Morgan fingerprint density at radius 3 is 1.78 bits per heavy atom. The maximum absolute atomic E-state index is 14.1. The van der Waals surface area contributed by atoms with Crippen LogP contribution in [0.4, 0.5) is 0 Å². The SMILES string of the molecule is C=C[C@@H](O)[C@H]([C@@H](O)CC)P(=O)(c1ccccc1)c1ccccc1. The van der Waals surface area contributed by atoms with E-state index in [1.165, 1.54) is 6.08 Å². The number of hydrogen-bond donors (Lipinski definition) is 2. The average molecular weight is 330 g/mol. The van der Waals surface area contributed by atoms with Gasteiger partial charge in [-0.25, -0.2) is 0 Å². The predicted octanol–water partition coefficient (Wildman–Crippen LogP) is 2.69. The van der Waals surface area contributed by atoms with Crippen LogP contribution in [0.1, 0.15) is 13.3 Å². The summed E-state index contributed by atoms with van der Waals surface area (Å²) < 4.78 is 14.1. The van der Waals surface area contributed by atoms with Gasteiger partial charge in [-0.05, 0) is 6.42 Å². The quantitative estimate of drug-likeness (QED) is 0.606. The molecule has 122 valence electrons. The lowest BCUT2D eigenvalue weighted by molar-refractivity contribution is 0.106. The van der Waals surface area contributed by atoms with E-state index in [2.05, 4.69) is 6.58 Å². The molecule has 0 aliphatic heterocycles. The van der Waals surface area contributed by atoms with Crippen molar-refractivity contribution in [3.8, 4) is 0 Å². The van der Waals surface area contributed by atoms with Gasteiger partial charge in [-0.2, -0.15) is 0 Å². The fraction of sp³-hybridized carbons (Fsp3) is 0.263. The van der Waals surface area contributed by atoms with Crippen molar-refractivity contribution in [3.63, 3.8) is 0 Å². The maximum Gasteiger partial charge on any atom is 0.151 e. The Labute approximate surface area is 137 Å². The Hall–Kier alpha value is -1.67. The summed E-state index contributed by atoms with van der Waals surface area (Å²) in [6.45, 7) is 5.43. The number of hydrogen-bond acceptors (Lipinski definition) is 3. The summed E-state index contributed by atoms with van der Waals surface area (Å²) in [5, 5.41) is 22.2. The molecule has 0 aromatic heterocycles. The molecule has 2 N–H and O–H groups in total. The highest BCUT2D eigenvalue weighted by Gasteiger charge is 2.43. The van der Waals surface area contributed by atoms with Crippen LogP contribution in [0.15, 0.2) is 73.3 Å². The predicted molar refractivity (Wildman–Crippen MR) is 96.0 cm³/mol. The Kier molecular flexibility index (Phi) is 5.95. The lowest BCUT2D eigenvalue weighted by Gasteiger charge is -2.34. The van der Waals surface area contributed by atoms with Gasteiger partial charge in [-0.1, -0.05) is 73.7 Å². The molecular formula is C19H23O3P. The smallest absolute Gasteiger partial charge is 0.151 e. The monoisotopic (exact) mass is 330 g/mol. The van der Waals surface area contributed by atoms with Crippen molar-refractivity contribution in [1.82, 2.24) is 0 Å². The lowest BCUT2D eigenvalue weighted by Crippen LogP contribution is -2.41. The number of aliphatic hydroxyl groups excluding tert-OH is 2. The van der Waals surface area contributed by atoms with E-state index >= 15 is 0 Å². The van der Waals surface area contributed by atoms with E-state index in [1.807, 2.05) is 43.3 Å². The molecule has 3 nitrogen and oxygen atoms in total. The molecular weight excluding hydrogens is 307 g/mol. The molecule has 0 fully saturated rings. The van der Waals surface area contributed by atoms with Gasteiger partial charge in [0.05, 0.1) is 17.9 Å². The van der Waals surface area contributed by atoms with Crippen LogP contribution < -0.4 is 10.6 Å². The van der Waals surface area contributed by atoms with Crippen LogP contribution in [0.2, 0.25) is 0 Å². The van der Waals surface area contributed by atoms with Gasteiger partial charge in [-0.3, -0.25) is 0 Å². The van der Waals surface area contributed by atoms with Gasteiger partial charge in [0, 0.05) is 10.6 Å². The van der Waals surface area contributed by atoms with Crippen LogP contribution in [0.3, 0.4) is 0 Å². The van der Waals surface area contributed by atoms with Crippen molar-refractivity contribution in [2.75, 3.05) is 0 Å². The van der Waals surface area contributed by atoms with E-state index < -0.39 is 25.0 Å². The van der Waals surface area contributed by atoms with Crippen molar-refractivity contribution >= 4 is 17.8 Å². The standard InChI is InChI=1S/C19H23O3P/c1-3-17(20)19(18(21)4-2)23(22,15-11-7-5-8-12-15)16-13-9-6-10-14-16/h3,5-14,17-21H,1,4H2,2H3/t17-,18+,19-/m1/s1. The van der Waals surface area contributed by atoms with Crippen molar-refractivity contribution in [2.24, 2.45) is 0 Å². The summed E-state index contributed by atoms with van der Waals surface area (Å²) in [7, 11) is -3.25. The topological polar surface area (TPSA) is 57.5 Å². The Morgan fingerprint density at radius 1 is 1.00 bits per heavy atom. The molecule has 0 aliphatic rings. The molecule has 2 rings (SSSR count). The Bertz CT molecular complexity index is 626. The second-order valence-electron chi connectivity index (χ2n) is 5.52. The molecule has 0 radical (unpaired) electrons. The fourth-order valence-electron chi connectivity index (χ4n) is 2.86. The maximum atomic E-state index is 14.1. The third kappa shape index (κ3) is 3.48. The van der Waals surface area contributed by atoms with Gasteiger partial charge < -0.3 is 14.8 Å². The minimum atomic E-state index is -3.25. The summed E-state index contributed by atoms with van der Waals surface area (Å²) in [6, 6.07) is 18.2. The largest absolute Gasteiger partial charge is 0.392 e. The van der Waals surface area contributed by atoms with E-state index in [9.17, 15) is 14.8 Å². The number of benzene rings is 2. The molecule has 23 heavy (non-hydrogen) atoms. The van der Waals surface area contributed by atoms with Crippen LogP contribution in [0, 0.1) is 0 Å². The van der Waals surface area contributed by atoms with Crippen LogP contribution in [-0.2, 0) is 4.57 Å². The van der Waals surface area contributed by atoms with Gasteiger partial charge >= 0.3 is 0 Å². The first kappa shape index (κ1) is 17.7. The minimum Gasteiger partial charge on any atom is -0.392 e. The highest BCUT2D eigenvalue weighted by Crippen LogP contribution is 2.51. The number of aliphatic hydroxyl groups is 2. The highest BCUT2D eigenvalue weighted by atomic mass is 31.2. The zero-order chi connectivity index (χ0) is 16.9. The molecule has 0 heterocycles. The Balaban J connectivity index is 2.71. The van der Waals surface area contributed by atoms with Crippen LogP contribution >= 0.6 is 7.14 Å². The summed E-state index contributed by atoms with van der Waals surface area (Å²) in [6.07, 6.45) is -0.202. The normalized spacial score (nSPS) is 15.6. The van der Waals surface area contributed by atoms with E-state index in [4.69, 9.17) is 0 Å². The zero-order valence-corrected chi connectivity index (χ0v) is 14.1. The molecule has 2 aromatic carbocycles.